The van der Waals surface area contributed by atoms with Gasteiger partial charge in [0.25, 0.3) is 0 Å². The Bertz CT molecular complexity index is 719. The van der Waals surface area contributed by atoms with E-state index in [-0.39, 0.29) is 22.7 Å². The highest BCUT2D eigenvalue weighted by atomic mass is 35.5. The molecule has 0 aromatic rings. The van der Waals surface area contributed by atoms with Gasteiger partial charge in [0.15, 0.2) is 0 Å². The SMILES string of the molecule is CCOC(=O)C[C@H]1CC[C@H]2[C@@H]3CC(Cl)=C4N(C)C(=O)CC[C@]4(C)[C@H]3CC[C@]12C. The van der Waals surface area contributed by atoms with Gasteiger partial charge >= 0.3 is 5.97 Å². The Hall–Kier alpha value is -1.03. The lowest BCUT2D eigenvalue weighted by Gasteiger charge is -2.59. The van der Waals surface area contributed by atoms with E-state index in [4.69, 9.17) is 16.3 Å². The molecule has 6 atom stereocenters. The molecule has 4 nitrogen and oxygen atoms in total. The highest BCUT2D eigenvalue weighted by Gasteiger charge is 2.60. The average Bonchev–Trinajstić information content (AvgIpc) is 2.95. The Kier molecular flexibility index (Phi) is 5.09. The van der Waals surface area contributed by atoms with E-state index < -0.39 is 0 Å². The molecule has 2 saturated carbocycles. The molecule has 4 aliphatic rings. The molecule has 0 spiro atoms. The van der Waals surface area contributed by atoms with Crippen molar-refractivity contribution >= 4 is 23.5 Å². The van der Waals surface area contributed by atoms with Crippen LogP contribution in [0.15, 0.2) is 10.7 Å². The number of ether oxygens (including phenoxy) is 1. The molecule has 0 aromatic carbocycles. The molecule has 1 aliphatic heterocycles. The van der Waals surface area contributed by atoms with Gasteiger partial charge in [0.2, 0.25) is 5.91 Å². The zero-order valence-electron chi connectivity index (χ0n) is 17.7. The van der Waals surface area contributed by atoms with Crippen molar-refractivity contribution in [3.63, 3.8) is 0 Å². The minimum absolute atomic E-state index is 0.00319. The number of hydrogen-bond acceptors (Lipinski definition) is 3. The van der Waals surface area contributed by atoms with Crippen molar-refractivity contribution in [1.29, 1.82) is 0 Å². The summed E-state index contributed by atoms with van der Waals surface area (Å²) < 4.78 is 5.26. The summed E-state index contributed by atoms with van der Waals surface area (Å²) in [6, 6.07) is 0. The zero-order valence-corrected chi connectivity index (χ0v) is 18.5. The smallest absolute Gasteiger partial charge is 0.306 e. The maximum atomic E-state index is 12.3. The van der Waals surface area contributed by atoms with Gasteiger partial charge in [-0.3, -0.25) is 9.59 Å². The van der Waals surface area contributed by atoms with E-state index >= 15 is 0 Å². The summed E-state index contributed by atoms with van der Waals surface area (Å²) in [5.74, 6) is 2.33. The van der Waals surface area contributed by atoms with Crippen LogP contribution >= 0.6 is 11.6 Å². The molecule has 5 heteroatoms. The molecule has 0 bridgehead atoms. The van der Waals surface area contributed by atoms with Crippen molar-refractivity contribution in [2.75, 3.05) is 13.7 Å². The number of halogens is 1. The van der Waals surface area contributed by atoms with Crippen LogP contribution in [-0.2, 0) is 14.3 Å². The normalized spacial score (nSPS) is 42.8. The maximum Gasteiger partial charge on any atom is 0.306 e. The molecule has 0 unspecified atom stereocenters. The van der Waals surface area contributed by atoms with Crippen molar-refractivity contribution in [3.8, 4) is 0 Å². The first-order chi connectivity index (χ1) is 13.2. The molecular weight excluding hydrogens is 374 g/mol. The first kappa shape index (κ1) is 20.3. The summed E-state index contributed by atoms with van der Waals surface area (Å²) in [5.41, 5.74) is 1.30. The lowest BCUT2D eigenvalue weighted by atomic mass is 9.49. The topological polar surface area (TPSA) is 46.6 Å². The van der Waals surface area contributed by atoms with Crippen LogP contribution in [0.3, 0.4) is 0 Å². The summed E-state index contributed by atoms with van der Waals surface area (Å²) in [6.07, 6.45) is 7.63. The van der Waals surface area contributed by atoms with Crippen LogP contribution in [-0.4, -0.2) is 30.4 Å². The first-order valence-electron chi connectivity index (χ1n) is 11.0. The van der Waals surface area contributed by atoms with Crippen LogP contribution in [0.2, 0.25) is 0 Å². The fraction of sp³-hybridized carbons (Fsp3) is 0.826. The monoisotopic (exact) mass is 407 g/mol. The van der Waals surface area contributed by atoms with E-state index in [1.54, 1.807) is 0 Å². The van der Waals surface area contributed by atoms with Crippen LogP contribution in [0.25, 0.3) is 0 Å². The fourth-order valence-electron chi connectivity index (χ4n) is 7.55. The Morgan fingerprint density at radius 1 is 1.21 bits per heavy atom. The second kappa shape index (κ2) is 7.04. The Morgan fingerprint density at radius 2 is 1.96 bits per heavy atom. The van der Waals surface area contributed by atoms with Gasteiger partial charge in [-0.15, -0.1) is 0 Å². The molecule has 4 rings (SSSR count). The van der Waals surface area contributed by atoms with Crippen LogP contribution < -0.4 is 0 Å². The number of nitrogens with zero attached hydrogens (tertiary/aromatic N) is 1. The third-order valence-corrected chi connectivity index (χ3v) is 9.28. The average molecular weight is 408 g/mol. The number of fused-ring (bicyclic) bond motifs is 5. The molecule has 1 heterocycles. The van der Waals surface area contributed by atoms with Crippen molar-refractivity contribution in [2.24, 2.45) is 34.5 Å². The predicted octanol–water partition coefficient (Wildman–Crippen LogP) is 5.11. The van der Waals surface area contributed by atoms with Crippen LogP contribution in [0.4, 0.5) is 0 Å². The summed E-state index contributed by atoms with van der Waals surface area (Å²) in [5, 5.41) is 0.900. The quantitative estimate of drug-likeness (QED) is 0.610. The minimum atomic E-state index is -0.0419. The van der Waals surface area contributed by atoms with Gasteiger partial charge in [-0.25, -0.2) is 0 Å². The maximum absolute atomic E-state index is 12.3. The van der Waals surface area contributed by atoms with Gasteiger partial charge in [0.05, 0.1) is 6.61 Å². The van der Waals surface area contributed by atoms with Crippen LogP contribution in [0.1, 0.15) is 72.1 Å². The van der Waals surface area contributed by atoms with E-state index in [0.29, 0.717) is 43.1 Å². The van der Waals surface area contributed by atoms with Crippen LogP contribution in [0, 0.1) is 34.5 Å². The van der Waals surface area contributed by atoms with Crippen molar-refractivity contribution in [2.45, 2.75) is 72.1 Å². The minimum Gasteiger partial charge on any atom is -0.466 e. The number of carbonyl (C=O) groups is 2. The molecule has 0 N–H and O–H groups in total. The van der Waals surface area contributed by atoms with E-state index in [1.165, 1.54) is 19.3 Å². The molecule has 3 aliphatic carbocycles. The summed E-state index contributed by atoms with van der Waals surface area (Å²) in [7, 11) is 1.90. The van der Waals surface area contributed by atoms with Gasteiger partial charge in [0.1, 0.15) is 0 Å². The standard InChI is InChI=1S/C23H34ClNO3/c1-5-28-20(27)12-14-6-7-16-15-13-18(24)21-23(3,11-9-19(26)25(21)4)17(15)8-10-22(14,16)2/h14-17H,5-13H2,1-4H3/t14-,15+,16+,17+,22-,23-/m1/s1. The molecule has 3 fully saturated rings. The number of likely N-dealkylation sites (tertiary alicyclic amines) is 1. The largest absolute Gasteiger partial charge is 0.466 e. The van der Waals surface area contributed by atoms with Crippen LogP contribution in [0.5, 0.6) is 0 Å². The highest BCUT2D eigenvalue weighted by molar-refractivity contribution is 6.30. The number of hydrogen-bond donors (Lipinski definition) is 0. The zero-order chi connectivity index (χ0) is 20.3. The van der Waals surface area contributed by atoms with Gasteiger partial charge in [-0.1, -0.05) is 25.4 Å². The van der Waals surface area contributed by atoms with E-state index in [9.17, 15) is 9.59 Å². The third kappa shape index (κ3) is 2.85. The molecule has 1 saturated heterocycles. The van der Waals surface area contributed by atoms with Crippen molar-refractivity contribution in [1.82, 2.24) is 4.90 Å². The van der Waals surface area contributed by atoms with E-state index in [1.807, 2.05) is 18.9 Å². The molecule has 156 valence electrons. The highest BCUT2D eigenvalue weighted by Crippen LogP contribution is 2.67. The lowest BCUT2D eigenvalue weighted by Crippen LogP contribution is -2.54. The molecular formula is C23H34ClNO3. The van der Waals surface area contributed by atoms with Gasteiger partial charge in [-0.2, -0.15) is 0 Å². The second-order valence-corrected chi connectivity index (χ2v) is 10.5. The van der Waals surface area contributed by atoms with E-state index in [0.717, 1.165) is 30.0 Å². The first-order valence-corrected chi connectivity index (χ1v) is 11.4. The summed E-state index contributed by atoms with van der Waals surface area (Å²) in [6.45, 7) is 7.10. The van der Waals surface area contributed by atoms with Gasteiger partial charge < -0.3 is 9.64 Å². The van der Waals surface area contributed by atoms with Gasteiger partial charge in [-0.05, 0) is 74.5 Å². The molecule has 28 heavy (non-hydrogen) atoms. The molecule has 1 amide bonds. The number of esters is 1. The number of allylic oxidation sites excluding steroid dienone is 2. The number of piperidine rings is 1. The number of rotatable bonds is 3. The van der Waals surface area contributed by atoms with Crippen molar-refractivity contribution < 1.29 is 14.3 Å². The second-order valence-electron chi connectivity index (χ2n) is 10.0. The lowest BCUT2D eigenvalue weighted by molar-refractivity contribution is -0.146. The van der Waals surface area contributed by atoms with E-state index in [2.05, 4.69) is 13.8 Å². The summed E-state index contributed by atoms with van der Waals surface area (Å²) in [4.78, 5) is 26.3. The Balaban J connectivity index is 1.62. The molecule has 0 radical (unpaired) electrons. The molecule has 0 aromatic heterocycles. The third-order valence-electron chi connectivity index (χ3n) is 8.95. The van der Waals surface area contributed by atoms with Crippen molar-refractivity contribution in [3.05, 3.63) is 10.7 Å². The summed E-state index contributed by atoms with van der Waals surface area (Å²) >= 11 is 6.87. The fourth-order valence-corrected chi connectivity index (χ4v) is 8.07. The Labute approximate surface area is 174 Å². The predicted molar refractivity (Wildman–Crippen MR) is 109 cm³/mol. The number of carbonyl (C=O) groups excluding carboxylic acids is 2. The number of amides is 1. The Morgan fingerprint density at radius 3 is 2.68 bits per heavy atom. The van der Waals surface area contributed by atoms with Gasteiger partial charge in [0, 0.05) is 36.0 Å².